The van der Waals surface area contributed by atoms with E-state index >= 15 is 0 Å². The number of ether oxygens (including phenoxy) is 1. The number of hydrogen-bond donors (Lipinski definition) is 0. The van der Waals surface area contributed by atoms with Crippen molar-refractivity contribution < 1.29 is 17.9 Å². The maximum atomic E-state index is 12.1. The monoisotopic (exact) mass is 362 g/mol. The molecule has 0 atom stereocenters. The number of benzene rings is 1. The maximum Gasteiger partial charge on any atom is 0.422 e. The Morgan fingerprint density at radius 3 is 2.35 bits per heavy atom. The molecule has 1 aromatic carbocycles. The SMILES string of the molecule is O=c1ccc(-c2cnc(OCC(F)(F)F)nc2)nn1Cc1ccccc1. The first-order valence-corrected chi connectivity index (χ1v) is 7.55. The smallest absolute Gasteiger partial charge is 0.422 e. The molecule has 0 saturated heterocycles. The summed E-state index contributed by atoms with van der Waals surface area (Å²) in [5.74, 6) is 0. The molecule has 0 aliphatic carbocycles. The predicted octanol–water partition coefficient (Wildman–Crippen LogP) is 2.69. The zero-order valence-corrected chi connectivity index (χ0v) is 13.3. The van der Waals surface area contributed by atoms with Gasteiger partial charge in [0.2, 0.25) is 0 Å². The van der Waals surface area contributed by atoms with Gasteiger partial charge in [0, 0.05) is 24.0 Å². The van der Waals surface area contributed by atoms with Crippen LogP contribution in [-0.4, -0.2) is 32.5 Å². The predicted molar refractivity (Wildman–Crippen MR) is 86.6 cm³/mol. The summed E-state index contributed by atoms with van der Waals surface area (Å²) in [7, 11) is 0. The van der Waals surface area contributed by atoms with Crippen LogP contribution < -0.4 is 10.3 Å². The molecule has 0 radical (unpaired) electrons. The highest BCUT2D eigenvalue weighted by Crippen LogP contribution is 2.18. The van der Waals surface area contributed by atoms with E-state index in [1.807, 2.05) is 30.3 Å². The minimum atomic E-state index is -4.46. The molecule has 0 bridgehead atoms. The van der Waals surface area contributed by atoms with Gasteiger partial charge in [0.05, 0.1) is 12.2 Å². The summed E-state index contributed by atoms with van der Waals surface area (Å²) in [5, 5.41) is 4.26. The van der Waals surface area contributed by atoms with Crippen molar-refractivity contribution in [2.45, 2.75) is 12.7 Å². The van der Waals surface area contributed by atoms with Crippen molar-refractivity contribution in [1.82, 2.24) is 19.7 Å². The van der Waals surface area contributed by atoms with E-state index in [4.69, 9.17) is 0 Å². The Kier molecular flexibility index (Phi) is 4.97. The summed E-state index contributed by atoms with van der Waals surface area (Å²) in [6.45, 7) is -1.17. The quantitative estimate of drug-likeness (QED) is 0.698. The Labute approximate surface area is 145 Å². The van der Waals surface area contributed by atoms with Crippen LogP contribution in [0.2, 0.25) is 0 Å². The van der Waals surface area contributed by atoms with Gasteiger partial charge in [0.1, 0.15) is 0 Å². The van der Waals surface area contributed by atoms with Crippen LogP contribution in [0.4, 0.5) is 13.2 Å². The van der Waals surface area contributed by atoms with Crippen LogP contribution in [0, 0.1) is 0 Å². The molecule has 3 aromatic rings. The topological polar surface area (TPSA) is 69.9 Å². The van der Waals surface area contributed by atoms with Crippen LogP contribution in [0.1, 0.15) is 5.56 Å². The Morgan fingerprint density at radius 1 is 1.00 bits per heavy atom. The lowest BCUT2D eigenvalue weighted by Crippen LogP contribution is -2.22. The Balaban J connectivity index is 1.79. The molecule has 26 heavy (non-hydrogen) atoms. The average molecular weight is 362 g/mol. The third kappa shape index (κ3) is 4.65. The van der Waals surface area contributed by atoms with Crippen molar-refractivity contribution in [2.75, 3.05) is 6.61 Å². The Bertz CT molecular complexity index is 925. The molecule has 2 heterocycles. The number of halogens is 3. The molecule has 3 rings (SSSR count). The first-order chi connectivity index (χ1) is 12.4. The molecule has 0 aliphatic heterocycles. The van der Waals surface area contributed by atoms with Gasteiger partial charge >= 0.3 is 12.2 Å². The van der Waals surface area contributed by atoms with E-state index in [2.05, 4.69) is 19.8 Å². The van der Waals surface area contributed by atoms with E-state index in [1.54, 1.807) is 0 Å². The van der Waals surface area contributed by atoms with Crippen molar-refractivity contribution in [3.63, 3.8) is 0 Å². The van der Waals surface area contributed by atoms with Crippen LogP contribution >= 0.6 is 0 Å². The second-order valence-corrected chi connectivity index (χ2v) is 5.36. The molecule has 0 saturated carbocycles. The van der Waals surface area contributed by atoms with Crippen molar-refractivity contribution >= 4 is 0 Å². The summed E-state index contributed by atoms with van der Waals surface area (Å²) >= 11 is 0. The van der Waals surface area contributed by atoms with Crippen LogP contribution in [0.5, 0.6) is 6.01 Å². The molecule has 0 amide bonds. The number of aromatic nitrogens is 4. The van der Waals surface area contributed by atoms with E-state index in [-0.39, 0.29) is 11.6 Å². The molecule has 0 fully saturated rings. The first-order valence-electron chi connectivity index (χ1n) is 7.55. The average Bonchev–Trinajstić information content (AvgIpc) is 2.63. The molecule has 9 heteroatoms. The lowest BCUT2D eigenvalue weighted by Gasteiger charge is -2.09. The Hall–Kier alpha value is -3.23. The molecular weight excluding hydrogens is 349 g/mol. The zero-order valence-electron chi connectivity index (χ0n) is 13.3. The second kappa shape index (κ2) is 7.34. The largest absolute Gasteiger partial charge is 0.454 e. The van der Waals surface area contributed by atoms with Crippen LogP contribution in [0.15, 0.2) is 59.7 Å². The summed E-state index contributed by atoms with van der Waals surface area (Å²) in [4.78, 5) is 19.5. The van der Waals surface area contributed by atoms with Gasteiger partial charge in [-0.1, -0.05) is 30.3 Å². The normalized spacial score (nSPS) is 11.3. The molecule has 2 aromatic heterocycles. The van der Waals surface area contributed by atoms with Crippen LogP contribution in [0.25, 0.3) is 11.3 Å². The molecule has 6 nitrogen and oxygen atoms in total. The van der Waals surface area contributed by atoms with Crippen molar-refractivity contribution in [1.29, 1.82) is 0 Å². The van der Waals surface area contributed by atoms with Gasteiger partial charge in [-0.2, -0.15) is 18.3 Å². The molecular formula is C17H13F3N4O2. The fourth-order valence-electron chi connectivity index (χ4n) is 2.14. The van der Waals surface area contributed by atoms with E-state index in [0.717, 1.165) is 5.56 Å². The summed E-state index contributed by atoms with van der Waals surface area (Å²) in [5.41, 5.74) is 1.50. The second-order valence-electron chi connectivity index (χ2n) is 5.36. The van der Waals surface area contributed by atoms with Gasteiger partial charge in [-0.3, -0.25) is 4.79 Å². The number of nitrogens with zero attached hydrogens (tertiary/aromatic N) is 4. The molecule has 0 aliphatic rings. The third-order valence-electron chi connectivity index (χ3n) is 3.33. The lowest BCUT2D eigenvalue weighted by atomic mass is 10.2. The van der Waals surface area contributed by atoms with Gasteiger partial charge < -0.3 is 4.74 Å². The maximum absolute atomic E-state index is 12.1. The van der Waals surface area contributed by atoms with Crippen molar-refractivity contribution in [3.05, 3.63) is 70.8 Å². The van der Waals surface area contributed by atoms with E-state index in [9.17, 15) is 18.0 Å². The van der Waals surface area contributed by atoms with Crippen molar-refractivity contribution in [2.24, 2.45) is 0 Å². The highest BCUT2D eigenvalue weighted by atomic mass is 19.4. The highest BCUT2D eigenvalue weighted by molar-refractivity contribution is 5.55. The zero-order chi connectivity index (χ0) is 18.6. The lowest BCUT2D eigenvalue weighted by molar-refractivity contribution is -0.154. The fourth-order valence-corrected chi connectivity index (χ4v) is 2.14. The van der Waals surface area contributed by atoms with E-state index in [1.165, 1.54) is 29.2 Å². The standard InChI is InChI=1S/C17H13F3N4O2/c18-17(19,20)11-26-16-21-8-13(9-22-16)14-6-7-15(25)24(23-14)10-12-4-2-1-3-5-12/h1-9H,10-11H2. The highest BCUT2D eigenvalue weighted by Gasteiger charge is 2.28. The minimum Gasteiger partial charge on any atom is -0.454 e. The van der Waals surface area contributed by atoms with Gasteiger partial charge in [-0.15, -0.1) is 0 Å². The van der Waals surface area contributed by atoms with Gasteiger partial charge in [-0.05, 0) is 11.6 Å². The van der Waals surface area contributed by atoms with Gasteiger partial charge in [0.15, 0.2) is 6.61 Å². The van der Waals surface area contributed by atoms with Crippen LogP contribution in [-0.2, 0) is 6.54 Å². The number of hydrogen-bond acceptors (Lipinski definition) is 5. The Morgan fingerprint density at radius 2 is 1.69 bits per heavy atom. The summed E-state index contributed by atoms with van der Waals surface area (Å²) in [6.07, 6.45) is -1.88. The summed E-state index contributed by atoms with van der Waals surface area (Å²) in [6, 6.07) is 11.8. The summed E-state index contributed by atoms with van der Waals surface area (Å²) < 4.78 is 42.1. The molecule has 0 spiro atoms. The van der Waals surface area contributed by atoms with E-state index in [0.29, 0.717) is 17.8 Å². The van der Waals surface area contributed by atoms with Gasteiger partial charge in [-0.25, -0.2) is 14.6 Å². The molecule has 0 N–H and O–H groups in total. The molecule has 0 unspecified atom stereocenters. The molecule has 134 valence electrons. The number of rotatable bonds is 5. The number of alkyl halides is 3. The van der Waals surface area contributed by atoms with Crippen molar-refractivity contribution in [3.8, 4) is 17.3 Å². The fraction of sp³-hybridized carbons (Fsp3) is 0.176. The third-order valence-corrected chi connectivity index (χ3v) is 3.33. The van der Waals surface area contributed by atoms with Crippen LogP contribution in [0.3, 0.4) is 0 Å². The van der Waals surface area contributed by atoms with E-state index < -0.39 is 12.8 Å². The van der Waals surface area contributed by atoms with Gasteiger partial charge in [0.25, 0.3) is 5.56 Å². The minimum absolute atomic E-state index is 0.274. The first kappa shape index (κ1) is 17.6.